The number of hydrogen-bond donors (Lipinski definition) is 1. The molecule has 1 saturated heterocycles. The maximum Gasteiger partial charge on any atom is 0.347 e. The zero-order chi connectivity index (χ0) is 20.5. The number of benzene rings is 1. The molecule has 29 heavy (non-hydrogen) atoms. The number of Topliss-reactive ketones (excluding diaryl/α,β-unsaturated/α-hetero) is 1. The van der Waals surface area contributed by atoms with Crippen LogP contribution in [0.2, 0.25) is 0 Å². The number of esters is 1. The summed E-state index contributed by atoms with van der Waals surface area (Å²) in [5.41, 5.74) is 2.17. The average molecular weight is 398 g/mol. The largest absolute Gasteiger partial charge is 0.506 e. The van der Waals surface area contributed by atoms with Gasteiger partial charge in [-0.1, -0.05) is 6.07 Å². The smallest absolute Gasteiger partial charge is 0.347 e. The molecular weight excluding hydrogens is 376 g/mol. The number of carbonyl (C=O) groups is 2. The summed E-state index contributed by atoms with van der Waals surface area (Å²) in [6, 6.07) is 4.42. The van der Waals surface area contributed by atoms with Crippen molar-refractivity contribution in [2.45, 2.75) is 26.7 Å². The number of rotatable bonds is 4. The number of fused-ring (bicyclic) bond motifs is 1. The summed E-state index contributed by atoms with van der Waals surface area (Å²) in [5, 5.41) is 10.3. The number of carbonyl (C=O) groups excluding carboxylic acids is 2. The molecule has 1 unspecified atom stereocenters. The van der Waals surface area contributed by atoms with Gasteiger partial charge in [0.05, 0.1) is 31.1 Å². The van der Waals surface area contributed by atoms with Gasteiger partial charge in [0, 0.05) is 30.4 Å². The summed E-state index contributed by atoms with van der Waals surface area (Å²) >= 11 is 0. The van der Waals surface area contributed by atoms with E-state index in [4.69, 9.17) is 14.2 Å². The van der Waals surface area contributed by atoms with Crippen molar-refractivity contribution in [3.63, 3.8) is 0 Å². The van der Waals surface area contributed by atoms with Crippen LogP contribution >= 0.6 is 0 Å². The lowest BCUT2D eigenvalue weighted by molar-refractivity contribution is -0.0918. The van der Waals surface area contributed by atoms with Crippen molar-refractivity contribution in [3.05, 3.63) is 52.3 Å². The van der Waals surface area contributed by atoms with Crippen molar-refractivity contribution in [1.82, 2.24) is 9.88 Å². The second-order valence-electron chi connectivity index (χ2n) is 7.07. The monoisotopic (exact) mass is 398 g/mol. The summed E-state index contributed by atoms with van der Waals surface area (Å²) in [4.78, 5) is 31.0. The quantitative estimate of drug-likeness (QED) is 0.619. The Morgan fingerprint density at radius 2 is 1.97 bits per heavy atom. The zero-order valence-corrected chi connectivity index (χ0v) is 16.3. The van der Waals surface area contributed by atoms with E-state index in [9.17, 15) is 14.7 Å². The average Bonchev–Trinajstić information content (AvgIpc) is 3.15. The summed E-state index contributed by atoms with van der Waals surface area (Å²) in [7, 11) is 0. The van der Waals surface area contributed by atoms with Crippen LogP contribution in [-0.4, -0.2) is 53.0 Å². The van der Waals surface area contributed by atoms with Crippen molar-refractivity contribution in [2.75, 3.05) is 26.3 Å². The molecule has 0 spiro atoms. The first-order valence-electron chi connectivity index (χ1n) is 9.44. The number of para-hydroxylation sites is 1. The van der Waals surface area contributed by atoms with Gasteiger partial charge in [0.2, 0.25) is 0 Å². The highest BCUT2D eigenvalue weighted by Crippen LogP contribution is 2.41. The van der Waals surface area contributed by atoms with Crippen LogP contribution < -0.4 is 4.74 Å². The Labute approximate surface area is 168 Å². The van der Waals surface area contributed by atoms with Crippen molar-refractivity contribution >= 4 is 11.8 Å². The molecular formula is C21H22N2O6. The Morgan fingerprint density at radius 3 is 2.69 bits per heavy atom. The van der Waals surface area contributed by atoms with Gasteiger partial charge in [-0.2, -0.15) is 0 Å². The third-order valence-corrected chi connectivity index (χ3v) is 5.18. The van der Waals surface area contributed by atoms with Crippen molar-refractivity contribution in [2.24, 2.45) is 0 Å². The molecule has 2 aromatic rings. The number of aromatic nitrogens is 1. The van der Waals surface area contributed by atoms with Gasteiger partial charge >= 0.3 is 5.97 Å². The first kappa shape index (κ1) is 19.5. The molecule has 3 heterocycles. The van der Waals surface area contributed by atoms with Crippen LogP contribution in [0.4, 0.5) is 0 Å². The third-order valence-electron chi connectivity index (χ3n) is 5.18. The highest BCUT2D eigenvalue weighted by molar-refractivity contribution is 6.02. The number of phenols is 1. The van der Waals surface area contributed by atoms with E-state index >= 15 is 0 Å². The number of morpholine rings is 1. The predicted octanol–water partition coefficient (Wildman–Crippen LogP) is 2.38. The maximum absolute atomic E-state index is 12.8. The topological polar surface area (TPSA) is 98.2 Å². The molecule has 2 aliphatic rings. The molecule has 0 saturated carbocycles. The van der Waals surface area contributed by atoms with Crippen LogP contribution in [-0.2, 0) is 16.1 Å². The minimum atomic E-state index is -0.753. The number of pyridine rings is 1. The fourth-order valence-electron chi connectivity index (χ4n) is 3.65. The molecule has 8 nitrogen and oxygen atoms in total. The van der Waals surface area contributed by atoms with E-state index in [-0.39, 0.29) is 28.9 Å². The van der Waals surface area contributed by atoms with Gasteiger partial charge in [0.25, 0.3) is 0 Å². The second-order valence-corrected chi connectivity index (χ2v) is 7.07. The molecule has 0 amide bonds. The summed E-state index contributed by atoms with van der Waals surface area (Å²) in [6.45, 7) is 6.09. The first-order chi connectivity index (χ1) is 14.0. The summed E-state index contributed by atoms with van der Waals surface area (Å²) < 4.78 is 17.1. The van der Waals surface area contributed by atoms with Crippen LogP contribution in [0.5, 0.6) is 11.5 Å². The van der Waals surface area contributed by atoms with E-state index in [0.717, 1.165) is 11.1 Å². The van der Waals surface area contributed by atoms with E-state index in [0.29, 0.717) is 44.4 Å². The molecule has 0 aliphatic carbocycles. The van der Waals surface area contributed by atoms with E-state index < -0.39 is 5.97 Å². The van der Waals surface area contributed by atoms with Crippen LogP contribution in [0.25, 0.3) is 0 Å². The molecule has 8 heteroatoms. The Kier molecular flexibility index (Phi) is 5.31. The van der Waals surface area contributed by atoms with Crippen LogP contribution in [0.15, 0.2) is 24.4 Å². The number of aryl methyl sites for hydroxylation is 1. The van der Waals surface area contributed by atoms with Crippen molar-refractivity contribution in [1.29, 1.82) is 0 Å². The highest BCUT2D eigenvalue weighted by atomic mass is 16.5. The number of ketones is 1. The lowest BCUT2D eigenvalue weighted by Crippen LogP contribution is -2.39. The van der Waals surface area contributed by atoms with Gasteiger partial charge in [-0.15, -0.1) is 0 Å². The fraction of sp³-hybridized carbons (Fsp3) is 0.381. The molecule has 1 atom stereocenters. The minimum absolute atomic E-state index is 0.0714. The molecule has 2 aliphatic heterocycles. The molecule has 0 bridgehead atoms. The number of phenolic OH excluding ortho intramolecular Hbond substituents is 1. The maximum atomic E-state index is 12.8. The lowest BCUT2D eigenvalue weighted by atomic mass is 10.1. The molecule has 152 valence electrons. The van der Waals surface area contributed by atoms with Crippen LogP contribution in [0, 0.1) is 6.92 Å². The second kappa shape index (κ2) is 7.90. The zero-order valence-electron chi connectivity index (χ0n) is 16.3. The van der Waals surface area contributed by atoms with E-state index in [1.807, 2.05) is 0 Å². The summed E-state index contributed by atoms with van der Waals surface area (Å²) in [5.74, 6) is -1.15. The molecule has 1 aromatic carbocycles. The summed E-state index contributed by atoms with van der Waals surface area (Å²) in [6.07, 6.45) is 1.38. The van der Waals surface area contributed by atoms with E-state index in [1.165, 1.54) is 25.1 Å². The van der Waals surface area contributed by atoms with Gasteiger partial charge in [-0.05, 0) is 26.0 Å². The van der Waals surface area contributed by atoms with E-state index in [1.54, 1.807) is 13.1 Å². The van der Waals surface area contributed by atoms with Crippen molar-refractivity contribution in [3.8, 4) is 11.5 Å². The van der Waals surface area contributed by atoms with Gasteiger partial charge < -0.3 is 19.3 Å². The van der Waals surface area contributed by atoms with Gasteiger partial charge in [0.15, 0.2) is 11.5 Å². The Morgan fingerprint density at radius 1 is 1.24 bits per heavy atom. The van der Waals surface area contributed by atoms with Crippen LogP contribution in [0.1, 0.15) is 50.7 Å². The predicted molar refractivity (Wildman–Crippen MR) is 102 cm³/mol. The number of ether oxygens (including phenoxy) is 3. The third kappa shape index (κ3) is 3.62. The Balaban J connectivity index is 1.68. The number of hydrogen-bond acceptors (Lipinski definition) is 8. The SMILES string of the molecule is CC(=O)c1cccc(C(=O)Oc2c(C)ncc3c2C(N2CCOCC2)OC3)c1O. The van der Waals surface area contributed by atoms with Crippen molar-refractivity contribution < 1.29 is 28.9 Å². The minimum Gasteiger partial charge on any atom is -0.506 e. The van der Waals surface area contributed by atoms with Gasteiger partial charge in [0.1, 0.15) is 17.5 Å². The Hall–Kier alpha value is -2.81. The molecule has 1 N–H and O–H groups in total. The van der Waals surface area contributed by atoms with E-state index in [2.05, 4.69) is 9.88 Å². The molecule has 1 fully saturated rings. The lowest BCUT2D eigenvalue weighted by Gasteiger charge is -2.32. The Bertz CT molecular complexity index is 968. The highest BCUT2D eigenvalue weighted by Gasteiger charge is 2.35. The first-order valence-corrected chi connectivity index (χ1v) is 9.44. The van der Waals surface area contributed by atoms with Crippen LogP contribution in [0.3, 0.4) is 0 Å². The fourth-order valence-corrected chi connectivity index (χ4v) is 3.65. The number of aromatic hydroxyl groups is 1. The molecule has 4 rings (SSSR count). The number of nitrogens with zero attached hydrogens (tertiary/aromatic N) is 2. The standard InChI is InChI=1S/C21H22N2O6/c1-12-19(29-21(26)16-5-3-4-15(13(2)24)18(16)25)17-14(10-22-12)11-28-20(17)23-6-8-27-9-7-23/h3-5,10,20,25H,6-9,11H2,1-2H3. The van der Waals surface area contributed by atoms with Gasteiger partial charge in [-0.25, -0.2) is 4.79 Å². The molecule has 0 radical (unpaired) electrons. The normalized spacial score (nSPS) is 19.0. The van der Waals surface area contributed by atoms with Gasteiger partial charge in [-0.3, -0.25) is 14.7 Å². The molecule has 1 aromatic heterocycles.